The van der Waals surface area contributed by atoms with Gasteiger partial charge in [0.1, 0.15) is 17.2 Å². The van der Waals surface area contributed by atoms with Crippen LogP contribution in [0.5, 0.6) is 0 Å². The highest BCUT2D eigenvalue weighted by Gasteiger charge is 2.50. The number of amides is 3. The second kappa shape index (κ2) is 9.18. The Bertz CT molecular complexity index is 929. The van der Waals surface area contributed by atoms with Gasteiger partial charge in [-0.05, 0) is 46.0 Å². The van der Waals surface area contributed by atoms with Gasteiger partial charge in [0.25, 0.3) is 11.8 Å². The van der Waals surface area contributed by atoms with Gasteiger partial charge in [-0.2, -0.15) is 5.10 Å². The number of aromatic nitrogens is 2. The molecule has 3 amide bonds. The quantitative estimate of drug-likeness (QED) is 0.479. The summed E-state index contributed by atoms with van der Waals surface area (Å²) in [6, 6.07) is 0.142. The third kappa shape index (κ3) is 5.75. The van der Waals surface area contributed by atoms with E-state index in [2.05, 4.69) is 21.0 Å². The SMILES string of the molecule is Cn1ccc(NC(=O)C(=O)C2(NC(=O)[C@H](CC3(F)CCCC3)NC(=O)C(C)(C)F)CCC2)n1. The summed E-state index contributed by atoms with van der Waals surface area (Å²) in [5.41, 5.74) is -5.39. The number of hydrogen-bond donors (Lipinski definition) is 3. The van der Waals surface area contributed by atoms with E-state index in [1.165, 1.54) is 10.7 Å². The molecule has 0 spiro atoms. The number of nitrogens with one attached hydrogen (secondary N) is 3. The molecule has 3 N–H and O–H groups in total. The maximum atomic E-state index is 15.2. The minimum Gasteiger partial charge on any atom is -0.341 e. The molecule has 1 atom stereocenters. The number of alkyl halides is 2. The van der Waals surface area contributed by atoms with Crippen molar-refractivity contribution >= 4 is 29.3 Å². The predicted octanol–water partition coefficient (Wildman–Crippen LogP) is 1.87. The Balaban J connectivity index is 1.74. The highest BCUT2D eigenvalue weighted by atomic mass is 19.1. The highest BCUT2D eigenvalue weighted by molar-refractivity contribution is 6.44. The molecule has 1 aromatic rings. The molecule has 1 heterocycles. The van der Waals surface area contributed by atoms with Crippen molar-refractivity contribution in [2.45, 2.75) is 88.1 Å². The number of aryl methyl sites for hydroxylation is 1. The summed E-state index contributed by atoms with van der Waals surface area (Å²) in [6.45, 7) is 2.08. The summed E-state index contributed by atoms with van der Waals surface area (Å²) >= 11 is 0. The van der Waals surface area contributed by atoms with Crippen LogP contribution in [0.2, 0.25) is 0 Å². The first-order valence-electron chi connectivity index (χ1n) is 11.2. The van der Waals surface area contributed by atoms with Crippen LogP contribution < -0.4 is 16.0 Å². The van der Waals surface area contributed by atoms with E-state index in [-0.39, 0.29) is 37.9 Å². The van der Waals surface area contributed by atoms with Crippen LogP contribution in [0.1, 0.15) is 65.2 Å². The molecule has 3 rings (SSSR count). The van der Waals surface area contributed by atoms with Crippen molar-refractivity contribution in [3.05, 3.63) is 12.3 Å². The summed E-state index contributed by atoms with van der Waals surface area (Å²) < 4.78 is 30.7. The molecule has 2 fully saturated rings. The fourth-order valence-corrected chi connectivity index (χ4v) is 4.25. The second-order valence-corrected chi connectivity index (χ2v) is 9.64. The summed E-state index contributed by atoms with van der Waals surface area (Å²) in [5, 5.41) is 11.3. The predicted molar refractivity (Wildman–Crippen MR) is 116 cm³/mol. The third-order valence-corrected chi connectivity index (χ3v) is 6.40. The lowest BCUT2D eigenvalue weighted by molar-refractivity contribution is -0.145. The number of halogens is 2. The number of carbonyl (C=O) groups is 4. The molecule has 0 bridgehead atoms. The smallest absolute Gasteiger partial charge is 0.295 e. The molecule has 0 saturated heterocycles. The summed E-state index contributed by atoms with van der Waals surface area (Å²) in [7, 11) is 1.65. The van der Waals surface area contributed by atoms with Crippen molar-refractivity contribution in [2.24, 2.45) is 7.05 Å². The maximum absolute atomic E-state index is 15.2. The molecule has 0 aromatic carbocycles. The van der Waals surface area contributed by atoms with E-state index in [4.69, 9.17) is 0 Å². The van der Waals surface area contributed by atoms with E-state index in [0.29, 0.717) is 19.3 Å². The Labute approximate surface area is 191 Å². The largest absolute Gasteiger partial charge is 0.341 e. The maximum Gasteiger partial charge on any atom is 0.295 e. The Morgan fingerprint density at radius 3 is 2.27 bits per heavy atom. The molecule has 2 aliphatic rings. The van der Waals surface area contributed by atoms with Gasteiger partial charge in [0.15, 0.2) is 11.5 Å². The number of rotatable bonds is 9. The fraction of sp³-hybridized carbons (Fsp3) is 0.682. The second-order valence-electron chi connectivity index (χ2n) is 9.64. The number of nitrogens with zero attached hydrogens (tertiary/aromatic N) is 2. The van der Waals surface area contributed by atoms with Crippen LogP contribution in [-0.2, 0) is 26.2 Å². The first-order chi connectivity index (χ1) is 15.3. The number of ketones is 1. The van der Waals surface area contributed by atoms with Crippen LogP contribution in [-0.4, -0.2) is 56.2 Å². The van der Waals surface area contributed by atoms with E-state index in [1.54, 1.807) is 13.2 Å². The van der Waals surface area contributed by atoms with Gasteiger partial charge in [-0.1, -0.05) is 12.8 Å². The fourth-order valence-electron chi connectivity index (χ4n) is 4.25. The number of hydrogen-bond acceptors (Lipinski definition) is 5. The lowest BCUT2D eigenvalue weighted by Gasteiger charge is -2.41. The minimum absolute atomic E-state index is 0.188. The number of Topliss-reactive ketones (excluding diaryl/α,β-unsaturated/α-hetero) is 1. The molecule has 182 valence electrons. The Hall–Kier alpha value is -2.85. The summed E-state index contributed by atoms with van der Waals surface area (Å²) in [5.74, 6) is -3.45. The molecule has 1 aromatic heterocycles. The van der Waals surface area contributed by atoms with Gasteiger partial charge in [0.05, 0.1) is 0 Å². The zero-order chi connectivity index (χ0) is 24.4. The summed E-state index contributed by atoms with van der Waals surface area (Å²) in [6.07, 6.45) is 4.11. The van der Waals surface area contributed by atoms with E-state index < -0.39 is 46.4 Å². The van der Waals surface area contributed by atoms with Crippen LogP contribution in [0.3, 0.4) is 0 Å². The van der Waals surface area contributed by atoms with Crippen molar-refractivity contribution in [1.82, 2.24) is 20.4 Å². The standard InChI is InChI=1S/C22H31F2N5O4/c1-20(2,23)19(33)25-14(13-21(24)8-4-5-9-21)17(31)27-22(10-6-11-22)16(30)18(32)26-15-7-12-29(3)28-15/h7,12,14H,4-6,8-11,13H2,1-3H3,(H,25,33)(H,27,31)(H,26,28,32)/t14-/m0/s1. The van der Waals surface area contributed by atoms with E-state index in [9.17, 15) is 23.6 Å². The summed E-state index contributed by atoms with van der Waals surface area (Å²) in [4.78, 5) is 50.8. The molecule has 2 saturated carbocycles. The molecule has 0 aliphatic heterocycles. The van der Waals surface area contributed by atoms with Crippen molar-refractivity contribution < 1.29 is 28.0 Å². The Morgan fingerprint density at radius 1 is 1.15 bits per heavy atom. The van der Waals surface area contributed by atoms with Crippen molar-refractivity contribution in [3.63, 3.8) is 0 Å². The van der Waals surface area contributed by atoms with Gasteiger partial charge in [-0.25, -0.2) is 8.78 Å². The van der Waals surface area contributed by atoms with Crippen molar-refractivity contribution in [2.75, 3.05) is 5.32 Å². The van der Waals surface area contributed by atoms with Gasteiger partial charge < -0.3 is 16.0 Å². The van der Waals surface area contributed by atoms with Crippen molar-refractivity contribution in [3.8, 4) is 0 Å². The minimum atomic E-state index is -2.27. The molecule has 11 heteroatoms. The van der Waals surface area contributed by atoms with Crippen LogP contribution in [0.25, 0.3) is 0 Å². The average Bonchev–Trinajstić information content (AvgIpc) is 3.30. The normalized spacial score (nSPS) is 19.8. The van der Waals surface area contributed by atoms with E-state index >= 15 is 4.39 Å². The Morgan fingerprint density at radius 2 is 1.79 bits per heavy atom. The molecule has 2 aliphatic carbocycles. The highest BCUT2D eigenvalue weighted by Crippen LogP contribution is 2.38. The van der Waals surface area contributed by atoms with Crippen LogP contribution in [0.15, 0.2) is 12.3 Å². The molecular formula is C22H31F2N5O4. The molecule has 9 nitrogen and oxygen atoms in total. The average molecular weight is 468 g/mol. The monoisotopic (exact) mass is 467 g/mol. The number of anilines is 1. The lowest BCUT2D eigenvalue weighted by Crippen LogP contribution is -2.65. The number of carbonyl (C=O) groups excluding carboxylic acids is 4. The third-order valence-electron chi connectivity index (χ3n) is 6.40. The van der Waals surface area contributed by atoms with Crippen LogP contribution in [0, 0.1) is 0 Å². The first-order valence-corrected chi connectivity index (χ1v) is 11.2. The molecule has 0 radical (unpaired) electrons. The Kier molecular flexibility index (Phi) is 6.90. The van der Waals surface area contributed by atoms with Gasteiger partial charge in [0, 0.05) is 25.7 Å². The zero-order valence-electron chi connectivity index (χ0n) is 19.2. The van der Waals surface area contributed by atoms with Crippen LogP contribution >= 0.6 is 0 Å². The van der Waals surface area contributed by atoms with Gasteiger partial charge in [-0.15, -0.1) is 0 Å². The molecule has 0 unspecified atom stereocenters. The first kappa shape index (κ1) is 24.8. The van der Waals surface area contributed by atoms with Gasteiger partial charge in [-0.3, -0.25) is 23.9 Å². The van der Waals surface area contributed by atoms with Gasteiger partial charge >= 0.3 is 0 Å². The van der Waals surface area contributed by atoms with Crippen LogP contribution in [0.4, 0.5) is 14.6 Å². The van der Waals surface area contributed by atoms with E-state index in [1.807, 2.05) is 0 Å². The zero-order valence-corrected chi connectivity index (χ0v) is 19.2. The molecular weight excluding hydrogens is 436 g/mol. The van der Waals surface area contributed by atoms with Gasteiger partial charge in [0.2, 0.25) is 11.7 Å². The van der Waals surface area contributed by atoms with Crippen molar-refractivity contribution in [1.29, 1.82) is 0 Å². The molecule has 33 heavy (non-hydrogen) atoms. The van der Waals surface area contributed by atoms with E-state index in [0.717, 1.165) is 13.8 Å². The topological polar surface area (TPSA) is 122 Å². The lowest BCUT2D eigenvalue weighted by atomic mass is 9.73.